The Labute approximate surface area is 143 Å². The first kappa shape index (κ1) is 17.5. The van der Waals surface area contributed by atoms with Crippen LogP contribution in [0.15, 0.2) is 40.7 Å². The van der Waals surface area contributed by atoms with E-state index in [9.17, 15) is 0 Å². The van der Waals surface area contributed by atoms with Gasteiger partial charge in [-0.05, 0) is 19.8 Å². The molecule has 0 fully saturated rings. The molecule has 0 saturated carbocycles. The zero-order valence-electron chi connectivity index (χ0n) is 14.3. The third kappa shape index (κ3) is 5.36. The fourth-order valence-corrected chi connectivity index (χ4v) is 2.70. The number of guanidine groups is 1. The summed E-state index contributed by atoms with van der Waals surface area (Å²) in [4.78, 5) is 9.34. The molecule has 0 radical (unpaired) electrons. The van der Waals surface area contributed by atoms with Crippen molar-refractivity contribution < 1.29 is 0 Å². The SMILES string of the molecule is CCNC(=NCc1nc(-c2ccccc2)cs1)NC(C)C(C)C. The Hall–Kier alpha value is -1.88. The molecule has 5 heteroatoms. The number of rotatable bonds is 6. The molecule has 4 nitrogen and oxygen atoms in total. The van der Waals surface area contributed by atoms with Crippen LogP contribution >= 0.6 is 11.3 Å². The minimum atomic E-state index is 0.379. The van der Waals surface area contributed by atoms with Crippen molar-refractivity contribution in [3.63, 3.8) is 0 Å². The topological polar surface area (TPSA) is 49.3 Å². The number of hydrogen-bond donors (Lipinski definition) is 2. The van der Waals surface area contributed by atoms with Crippen molar-refractivity contribution in [1.82, 2.24) is 15.6 Å². The van der Waals surface area contributed by atoms with Gasteiger partial charge in [-0.2, -0.15) is 0 Å². The maximum absolute atomic E-state index is 4.68. The van der Waals surface area contributed by atoms with E-state index in [1.165, 1.54) is 0 Å². The van der Waals surface area contributed by atoms with E-state index < -0.39 is 0 Å². The van der Waals surface area contributed by atoms with Crippen LogP contribution in [0.5, 0.6) is 0 Å². The Balaban J connectivity index is 2.03. The maximum atomic E-state index is 4.68. The summed E-state index contributed by atoms with van der Waals surface area (Å²) in [6.07, 6.45) is 0. The molecule has 0 saturated heterocycles. The minimum Gasteiger partial charge on any atom is -0.357 e. The molecule has 1 heterocycles. The van der Waals surface area contributed by atoms with Crippen molar-refractivity contribution in [3.05, 3.63) is 40.7 Å². The molecule has 2 rings (SSSR count). The second-order valence-electron chi connectivity index (χ2n) is 5.86. The lowest BCUT2D eigenvalue weighted by Gasteiger charge is -2.20. The van der Waals surface area contributed by atoms with E-state index in [2.05, 4.69) is 65.8 Å². The van der Waals surface area contributed by atoms with Crippen LogP contribution in [0.2, 0.25) is 0 Å². The fourth-order valence-electron chi connectivity index (χ4n) is 1.97. The van der Waals surface area contributed by atoms with Crippen LogP contribution < -0.4 is 10.6 Å². The van der Waals surface area contributed by atoms with Crippen LogP contribution in [0.3, 0.4) is 0 Å². The molecule has 124 valence electrons. The largest absolute Gasteiger partial charge is 0.357 e. The molecule has 0 bridgehead atoms. The average Bonchev–Trinajstić information content (AvgIpc) is 3.02. The van der Waals surface area contributed by atoms with Gasteiger partial charge in [-0.3, -0.25) is 0 Å². The van der Waals surface area contributed by atoms with Gasteiger partial charge < -0.3 is 10.6 Å². The Morgan fingerprint density at radius 1 is 1.22 bits per heavy atom. The van der Waals surface area contributed by atoms with Gasteiger partial charge >= 0.3 is 0 Å². The Kier molecular flexibility index (Phi) is 6.59. The summed E-state index contributed by atoms with van der Waals surface area (Å²) in [5.41, 5.74) is 2.17. The summed E-state index contributed by atoms with van der Waals surface area (Å²) >= 11 is 1.66. The number of aromatic nitrogens is 1. The van der Waals surface area contributed by atoms with Gasteiger partial charge in [-0.15, -0.1) is 11.3 Å². The molecular weight excluding hydrogens is 304 g/mol. The summed E-state index contributed by atoms with van der Waals surface area (Å²) in [6.45, 7) is 10.1. The highest BCUT2D eigenvalue weighted by Gasteiger charge is 2.09. The third-order valence-corrected chi connectivity index (χ3v) is 4.54. The summed E-state index contributed by atoms with van der Waals surface area (Å²) in [5, 5.41) is 9.86. The van der Waals surface area contributed by atoms with Crippen LogP contribution in [0.4, 0.5) is 0 Å². The first-order valence-corrected chi connectivity index (χ1v) is 9.02. The van der Waals surface area contributed by atoms with Crippen molar-refractivity contribution in [3.8, 4) is 11.3 Å². The van der Waals surface area contributed by atoms with Gasteiger partial charge in [0.05, 0.1) is 12.2 Å². The molecule has 0 aliphatic heterocycles. The van der Waals surface area contributed by atoms with Crippen molar-refractivity contribution in [2.75, 3.05) is 6.54 Å². The number of nitrogens with zero attached hydrogens (tertiary/aromatic N) is 2. The molecule has 0 amide bonds. The van der Waals surface area contributed by atoms with E-state index in [-0.39, 0.29) is 0 Å². The highest BCUT2D eigenvalue weighted by molar-refractivity contribution is 7.09. The molecule has 1 atom stereocenters. The molecule has 23 heavy (non-hydrogen) atoms. The monoisotopic (exact) mass is 330 g/mol. The van der Waals surface area contributed by atoms with Gasteiger partial charge in [0.2, 0.25) is 0 Å². The van der Waals surface area contributed by atoms with Gasteiger partial charge in [0.15, 0.2) is 5.96 Å². The van der Waals surface area contributed by atoms with Crippen LogP contribution in [0, 0.1) is 5.92 Å². The molecule has 2 N–H and O–H groups in total. The Morgan fingerprint density at radius 2 is 1.96 bits per heavy atom. The lowest BCUT2D eigenvalue weighted by molar-refractivity contribution is 0.481. The summed E-state index contributed by atoms with van der Waals surface area (Å²) < 4.78 is 0. The van der Waals surface area contributed by atoms with E-state index in [1.54, 1.807) is 11.3 Å². The highest BCUT2D eigenvalue weighted by atomic mass is 32.1. The second-order valence-corrected chi connectivity index (χ2v) is 6.81. The van der Waals surface area contributed by atoms with Crippen LogP contribution in [0.1, 0.15) is 32.7 Å². The number of nitrogens with one attached hydrogen (secondary N) is 2. The summed E-state index contributed by atoms with van der Waals surface area (Å²) in [5.74, 6) is 1.41. The van der Waals surface area contributed by atoms with Gasteiger partial charge in [0, 0.05) is 23.5 Å². The minimum absolute atomic E-state index is 0.379. The Morgan fingerprint density at radius 3 is 2.61 bits per heavy atom. The standard InChI is InChI=1S/C18H26N4S/c1-5-19-18(21-14(4)13(2)3)20-11-17-22-16(12-23-17)15-9-7-6-8-10-15/h6-10,12-14H,5,11H2,1-4H3,(H2,19,20,21). The quantitative estimate of drug-likeness (QED) is 0.623. The van der Waals surface area contributed by atoms with E-state index in [1.807, 2.05) is 18.2 Å². The molecule has 1 aromatic heterocycles. The van der Waals surface area contributed by atoms with Crippen molar-refractivity contribution >= 4 is 17.3 Å². The Bertz CT molecular complexity index is 619. The smallest absolute Gasteiger partial charge is 0.191 e. The van der Waals surface area contributed by atoms with Gasteiger partial charge in [-0.1, -0.05) is 44.2 Å². The lowest BCUT2D eigenvalue weighted by Crippen LogP contribution is -2.44. The molecule has 2 aromatic rings. The number of hydrogen-bond acceptors (Lipinski definition) is 3. The molecule has 0 aliphatic rings. The zero-order valence-corrected chi connectivity index (χ0v) is 15.2. The molecule has 0 spiro atoms. The molecule has 1 aromatic carbocycles. The van der Waals surface area contributed by atoms with Crippen molar-refractivity contribution in [1.29, 1.82) is 0 Å². The normalized spacial score (nSPS) is 13.2. The first-order chi connectivity index (χ1) is 11.1. The summed E-state index contributed by atoms with van der Waals surface area (Å²) in [7, 11) is 0. The highest BCUT2D eigenvalue weighted by Crippen LogP contribution is 2.21. The van der Waals surface area contributed by atoms with Crippen LogP contribution in [0.25, 0.3) is 11.3 Å². The molecule has 1 unspecified atom stereocenters. The molecular formula is C18H26N4S. The predicted octanol–water partition coefficient (Wildman–Crippen LogP) is 3.91. The van der Waals surface area contributed by atoms with E-state index in [0.717, 1.165) is 28.8 Å². The van der Waals surface area contributed by atoms with Crippen molar-refractivity contribution in [2.24, 2.45) is 10.9 Å². The molecule has 0 aliphatic carbocycles. The van der Waals surface area contributed by atoms with Crippen LogP contribution in [-0.4, -0.2) is 23.5 Å². The van der Waals surface area contributed by atoms with Gasteiger partial charge in [0.25, 0.3) is 0 Å². The predicted molar refractivity (Wildman–Crippen MR) is 99.8 cm³/mol. The van der Waals surface area contributed by atoms with Gasteiger partial charge in [-0.25, -0.2) is 9.98 Å². The summed E-state index contributed by atoms with van der Waals surface area (Å²) in [6, 6.07) is 10.6. The number of thiazole rings is 1. The average molecular weight is 331 g/mol. The van der Waals surface area contributed by atoms with E-state index in [4.69, 9.17) is 0 Å². The van der Waals surface area contributed by atoms with E-state index >= 15 is 0 Å². The van der Waals surface area contributed by atoms with Crippen molar-refractivity contribution in [2.45, 2.75) is 40.3 Å². The zero-order chi connectivity index (χ0) is 16.7. The third-order valence-electron chi connectivity index (χ3n) is 3.70. The maximum Gasteiger partial charge on any atom is 0.191 e. The second kappa shape index (κ2) is 8.67. The van der Waals surface area contributed by atoms with E-state index in [0.29, 0.717) is 18.5 Å². The lowest BCUT2D eigenvalue weighted by atomic mass is 10.1. The first-order valence-electron chi connectivity index (χ1n) is 8.14. The number of benzene rings is 1. The fraction of sp³-hybridized carbons (Fsp3) is 0.444. The van der Waals surface area contributed by atoms with Gasteiger partial charge in [0.1, 0.15) is 5.01 Å². The number of aliphatic imine (C=N–C) groups is 1. The van der Waals surface area contributed by atoms with Crippen LogP contribution in [-0.2, 0) is 6.54 Å².